The summed E-state index contributed by atoms with van der Waals surface area (Å²) < 4.78 is 5.75. The van der Waals surface area contributed by atoms with E-state index in [-0.39, 0.29) is 5.91 Å². The van der Waals surface area contributed by atoms with Crippen LogP contribution in [0.1, 0.15) is 34.5 Å². The summed E-state index contributed by atoms with van der Waals surface area (Å²) in [6.45, 7) is 10.0. The third-order valence-electron chi connectivity index (χ3n) is 7.02. The number of carbonyl (C=O) groups excluding carboxylic acids is 1. The zero-order chi connectivity index (χ0) is 22.1. The summed E-state index contributed by atoms with van der Waals surface area (Å²) in [6.07, 6.45) is 4.38. The smallest absolute Gasteiger partial charge is 0.257 e. The van der Waals surface area contributed by atoms with E-state index >= 15 is 0 Å². The molecule has 1 unspecified atom stereocenters. The van der Waals surface area contributed by atoms with Crippen molar-refractivity contribution in [3.63, 3.8) is 0 Å². The Morgan fingerprint density at radius 3 is 2.44 bits per heavy atom. The first-order valence-corrected chi connectivity index (χ1v) is 11.6. The fourth-order valence-corrected chi connectivity index (χ4v) is 4.75. The van der Waals surface area contributed by atoms with Crippen molar-refractivity contribution in [1.82, 2.24) is 24.7 Å². The number of ether oxygens (including phenoxy) is 1. The number of aromatic nitrogens is 2. The Balaban J connectivity index is 1.17. The van der Waals surface area contributed by atoms with Gasteiger partial charge in [-0.25, -0.2) is 9.97 Å². The lowest BCUT2D eigenvalue weighted by Gasteiger charge is -2.38. The molecule has 1 aromatic heterocycles. The van der Waals surface area contributed by atoms with Crippen molar-refractivity contribution >= 4 is 11.9 Å². The number of piperazine rings is 2. The first-order valence-electron chi connectivity index (χ1n) is 11.6. The standard InChI is InChI=1S/C24H32N6O2/c1-18(20-4-3-19-5-14-32-22(19)15-20)28-10-12-30(13-11-28)24-25-16-21(17-26-24)23(31)29-8-6-27(2)7-9-29/h3-4,15-18H,5-14H2,1-2H3. The summed E-state index contributed by atoms with van der Waals surface area (Å²) in [4.78, 5) is 30.6. The van der Waals surface area contributed by atoms with Crippen molar-refractivity contribution in [2.24, 2.45) is 0 Å². The van der Waals surface area contributed by atoms with Gasteiger partial charge in [-0.15, -0.1) is 0 Å². The minimum atomic E-state index is 0.0293. The molecule has 0 bridgehead atoms. The van der Waals surface area contributed by atoms with E-state index in [2.05, 4.69) is 56.8 Å². The number of likely N-dealkylation sites (N-methyl/N-ethyl adjacent to an activating group) is 1. The van der Waals surface area contributed by atoms with Crippen molar-refractivity contribution in [1.29, 1.82) is 0 Å². The van der Waals surface area contributed by atoms with Gasteiger partial charge in [0.2, 0.25) is 5.95 Å². The molecule has 0 radical (unpaired) electrons. The maximum absolute atomic E-state index is 12.7. The molecule has 1 atom stereocenters. The van der Waals surface area contributed by atoms with Crippen LogP contribution in [0, 0.1) is 0 Å². The monoisotopic (exact) mass is 436 g/mol. The van der Waals surface area contributed by atoms with Gasteiger partial charge in [-0.3, -0.25) is 9.69 Å². The van der Waals surface area contributed by atoms with Crippen LogP contribution in [0.3, 0.4) is 0 Å². The number of benzene rings is 1. The number of hydrogen-bond donors (Lipinski definition) is 0. The Bertz CT molecular complexity index is 949. The summed E-state index contributed by atoms with van der Waals surface area (Å²) in [5.74, 6) is 1.78. The predicted molar refractivity (Wildman–Crippen MR) is 123 cm³/mol. The van der Waals surface area contributed by atoms with Gasteiger partial charge in [0, 0.05) is 77.2 Å². The summed E-state index contributed by atoms with van der Waals surface area (Å²) in [5.41, 5.74) is 3.20. The number of hydrogen-bond acceptors (Lipinski definition) is 7. The Hall–Kier alpha value is -2.71. The van der Waals surface area contributed by atoms with Gasteiger partial charge in [0.05, 0.1) is 12.2 Å². The van der Waals surface area contributed by atoms with E-state index in [9.17, 15) is 4.79 Å². The molecule has 32 heavy (non-hydrogen) atoms. The second-order valence-corrected chi connectivity index (χ2v) is 9.03. The van der Waals surface area contributed by atoms with E-state index in [0.29, 0.717) is 17.6 Å². The highest BCUT2D eigenvalue weighted by Crippen LogP contribution is 2.31. The summed E-state index contributed by atoms with van der Waals surface area (Å²) in [6, 6.07) is 7.00. The molecule has 0 saturated carbocycles. The molecular weight excluding hydrogens is 404 g/mol. The second kappa shape index (κ2) is 9.03. The zero-order valence-corrected chi connectivity index (χ0v) is 19.0. The molecule has 5 rings (SSSR count). The van der Waals surface area contributed by atoms with Crippen LogP contribution in [-0.4, -0.2) is 96.6 Å². The SMILES string of the molecule is CC(c1ccc2c(c1)OCC2)N1CCN(c2ncc(C(=O)N3CCN(C)CC3)cn2)CC1. The van der Waals surface area contributed by atoms with Crippen molar-refractivity contribution in [3.05, 3.63) is 47.3 Å². The third-order valence-corrected chi connectivity index (χ3v) is 7.02. The van der Waals surface area contributed by atoms with Crippen LogP contribution >= 0.6 is 0 Å². The number of carbonyl (C=O) groups is 1. The highest BCUT2D eigenvalue weighted by molar-refractivity contribution is 5.93. The van der Waals surface area contributed by atoms with E-state index in [1.165, 1.54) is 11.1 Å². The third kappa shape index (κ3) is 4.29. The number of fused-ring (bicyclic) bond motifs is 1. The summed E-state index contributed by atoms with van der Waals surface area (Å²) in [5, 5.41) is 0. The van der Waals surface area contributed by atoms with E-state index in [1.807, 2.05) is 4.90 Å². The Morgan fingerprint density at radius 2 is 1.72 bits per heavy atom. The number of amides is 1. The number of nitrogens with zero attached hydrogens (tertiary/aromatic N) is 6. The second-order valence-electron chi connectivity index (χ2n) is 9.03. The van der Waals surface area contributed by atoms with Crippen LogP contribution < -0.4 is 9.64 Å². The van der Waals surface area contributed by atoms with Gasteiger partial charge in [-0.2, -0.15) is 0 Å². The van der Waals surface area contributed by atoms with Gasteiger partial charge in [0.1, 0.15) is 5.75 Å². The molecule has 2 saturated heterocycles. The fourth-order valence-electron chi connectivity index (χ4n) is 4.75. The van der Waals surface area contributed by atoms with Crippen LogP contribution in [-0.2, 0) is 6.42 Å². The van der Waals surface area contributed by atoms with Crippen LogP contribution in [0.25, 0.3) is 0 Å². The molecule has 2 fully saturated rings. The minimum Gasteiger partial charge on any atom is -0.493 e. The van der Waals surface area contributed by atoms with E-state index < -0.39 is 0 Å². The van der Waals surface area contributed by atoms with Crippen LogP contribution in [0.5, 0.6) is 5.75 Å². The molecule has 1 amide bonds. The largest absolute Gasteiger partial charge is 0.493 e. The molecule has 1 aromatic carbocycles. The fraction of sp³-hybridized carbons (Fsp3) is 0.542. The zero-order valence-electron chi connectivity index (χ0n) is 19.0. The molecule has 170 valence electrons. The predicted octanol–water partition coefficient (Wildman–Crippen LogP) is 1.68. The van der Waals surface area contributed by atoms with E-state index in [4.69, 9.17) is 4.74 Å². The van der Waals surface area contributed by atoms with Crippen LogP contribution in [0.4, 0.5) is 5.95 Å². The lowest BCUT2D eigenvalue weighted by molar-refractivity contribution is 0.0663. The summed E-state index contributed by atoms with van der Waals surface area (Å²) in [7, 11) is 2.08. The molecule has 0 spiro atoms. The van der Waals surface area contributed by atoms with E-state index in [1.54, 1.807) is 12.4 Å². The highest BCUT2D eigenvalue weighted by atomic mass is 16.5. The number of anilines is 1. The Morgan fingerprint density at radius 1 is 1.00 bits per heavy atom. The normalized spacial score (nSPS) is 20.7. The van der Waals surface area contributed by atoms with Crippen molar-refractivity contribution in [2.75, 3.05) is 70.9 Å². The highest BCUT2D eigenvalue weighted by Gasteiger charge is 2.25. The van der Waals surface area contributed by atoms with Crippen molar-refractivity contribution < 1.29 is 9.53 Å². The van der Waals surface area contributed by atoms with Crippen LogP contribution in [0.2, 0.25) is 0 Å². The minimum absolute atomic E-state index is 0.0293. The Kier molecular flexibility index (Phi) is 5.97. The van der Waals surface area contributed by atoms with Crippen molar-refractivity contribution in [3.8, 4) is 5.75 Å². The quantitative estimate of drug-likeness (QED) is 0.723. The molecule has 2 aromatic rings. The van der Waals surface area contributed by atoms with Gasteiger partial charge in [0.25, 0.3) is 5.91 Å². The average Bonchev–Trinajstić information content (AvgIpc) is 3.32. The van der Waals surface area contributed by atoms with Crippen molar-refractivity contribution in [2.45, 2.75) is 19.4 Å². The van der Waals surface area contributed by atoms with Gasteiger partial charge >= 0.3 is 0 Å². The number of rotatable bonds is 4. The molecule has 3 aliphatic rings. The molecule has 3 aliphatic heterocycles. The van der Waals surface area contributed by atoms with Crippen LogP contribution in [0.15, 0.2) is 30.6 Å². The first kappa shape index (κ1) is 21.2. The lowest BCUT2D eigenvalue weighted by atomic mass is 10.0. The lowest BCUT2D eigenvalue weighted by Crippen LogP contribution is -2.48. The molecule has 8 nitrogen and oxygen atoms in total. The topological polar surface area (TPSA) is 65.0 Å². The molecular formula is C24H32N6O2. The van der Waals surface area contributed by atoms with E-state index in [0.717, 1.165) is 71.1 Å². The molecule has 0 aliphatic carbocycles. The molecule has 0 N–H and O–H groups in total. The molecule has 8 heteroatoms. The maximum Gasteiger partial charge on any atom is 0.257 e. The first-order chi connectivity index (χ1) is 15.6. The van der Waals surface area contributed by atoms with Gasteiger partial charge in [0.15, 0.2) is 0 Å². The summed E-state index contributed by atoms with van der Waals surface area (Å²) >= 11 is 0. The Labute approximate surface area is 189 Å². The maximum atomic E-state index is 12.7. The van der Waals surface area contributed by atoms with Gasteiger partial charge in [-0.1, -0.05) is 12.1 Å². The average molecular weight is 437 g/mol. The molecule has 4 heterocycles. The van der Waals surface area contributed by atoms with Gasteiger partial charge < -0.3 is 19.4 Å². The van der Waals surface area contributed by atoms with Gasteiger partial charge in [-0.05, 0) is 31.2 Å².